The van der Waals surface area contributed by atoms with E-state index in [1.54, 1.807) is 0 Å². The third kappa shape index (κ3) is 4.29. The van der Waals surface area contributed by atoms with E-state index in [0.29, 0.717) is 5.92 Å². The van der Waals surface area contributed by atoms with Gasteiger partial charge in [0.15, 0.2) is 0 Å². The zero-order valence-corrected chi connectivity index (χ0v) is 11.2. The Morgan fingerprint density at radius 2 is 1.80 bits per heavy atom. The summed E-state index contributed by atoms with van der Waals surface area (Å²) in [7, 11) is 4.04. The average Bonchev–Trinajstić information content (AvgIpc) is 2.00. The Morgan fingerprint density at radius 1 is 1.33 bits per heavy atom. The van der Waals surface area contributed by atoms with Crippen LogP contribution in [0.5, 0.6) is 0 Å². The fourth-order valence-electron chi connectivity index (χ4n) is 2.35. The highest BCUT2D eigenvalue weighted by molar-refractivity contribution is 8.13. The summed E-state index contributed by atoms with van der Waals surface area (Å²) in [6.07, 6.45) is 2.13. The van der Waals surface area contributed by atoms with Crippen molar-refractivity contribution < 1.29 is 8.42 Å². The molecule has 0 aromatic heterocycles. The average molecular weight is 254 g/mol. The topological polar surface area (TPSA) is 37.4 Å². The van der Waals surface area contributed by atoms with Gasteiger partial charge in [-0.15, -0.1) is 0 Å². The molecule has 0 aromatic rings. The fourth-order valence-corrected chi connectivity index (χ4v) is 4.32. The van der Waals surface area contributed by atoms with Crippen molar-refractivity contribution in [2.75, 3.05) is 25.9 Å². The van der Waals surface area contributed by atoms with E-state index in [9.17, 15) is 8.42 Å². The molecule has 0 bridgehead atoms. The van der Waals surface area contributed by atoms with Gasteiger partial charge in [0.05, 0.1) is 5.75 Å². The minimum absolute atomic E-state index is 0.0793. The van der Waals surface area contributed by atoms with Gasteiger partial charge in [-0.1, -0.05) is 13.8 Å². The SMILES string of the molecule is CN1CCC(C(C)(C)CS(=O)(=O)Cl)CC1. The number of piperidine rings is 1. The monoisotopic (exact) mass is 253 g/mol. The van der Waals surface area contributed by atoms with E-state index >= 15 is 0 Å². The molecular weight excluding hydrogens is 234 g/mol. The zero-order chi connectivity index (χ0) is 11.7. The van der Waals surface area contributed by atoms with Gasteiger partial charge < -0.3 is 4.90 Å². The van der Waals surface area contributed by atoms with Gasteiger partial charge in [0.25, 0.3) is 0 Å². The summed E-state index contributed by atoms with van der Waals surface area (Å²) >= 11 is 0. The van der Waals surface area contributed by atoms with Gasteiger partial charge in [0, 0.05) is 10.7 Å². The van der Waals surface area contributed by atoms with Gasteiger partial charge in [-0.05, 0) is 44.3 Å². The maximum absolute atomic E-state index is 11.1. The number of nitrogens with zero attached hydrogens (tertiary/aromatic N) is 1. The van der Waals surface area contributed by atoms with Crippen molar-refractivity contribution in [3.05, 3.63) is 0 Å². The third-order valence-corrected chi connectivity index (χ3v) is 4.78. The second-order valence-corrected chi connectivity index (χ2v) is 8.03. The van der Waals surface area contributed by atoms with Gasteiger partial charge in [0.1, 0.15) is 0 Å². The van der Waals surface area contributed by atoms with Crippen molar-refractivity contribution in [3.8, 4) is 0 Å². The van der Waals surface area contributed by atoms with Crippen LogP contribution in [-0.2, 0) is 9.05 Å². The summed E-state index contributed by atoms with van der Waals surface area (Å²) in [6, 6.07) is 0. The predicted octanol–water partition coefficient (Wildman–Crippen LogP) is 1.92. The van der Waals surface area contributed by atoms with Gasteiger partial charge in [-0.3, -0.25) is 0 Å². The Morgan fingerprint density at radius 3 is 2.20 bits per heavy atom. The van der Waals surface area contributed by atoms with Crippen LogP contribution in [0.1, 0.15) is 26.7 Å². The highest BCUT2D eigenvalue weighted by Gasteiger charge is 2.35. The first kappa shape index (κ1) is 13.3. The normalized spacial score (nSPS) is 21.9. The molecule has 0 aliphatic carbocycles. The van der Waals surface area contributed by atoms with Crippen molar-refractivity contribution in [2.24, 2.45) is 11.3 Å². The molecule has 1 heterocycles. The first-order valence-electron chi connectivity index (χ1n) is 5.31. The standard InChI is InChI=1S/C10H20ClNO2S/c1-10(2,8-15(11,13)14)9-4-6-12(3)7-5-9/h9H,4-8H2,1-3H3. The lowest BCUT2D eigenvalue weighted by atomic mass is 9.75. The molecule has 90 valence electrons. The van der Waals surface area contributed by atoms with E-state index in [2.05, 4.69) is 11.9 Å². The number of likely N-dealkylation sites (tertiary alicyclic amines) is 1. The Bertz CT molecular complexity index is 305. The molecule has 0 saturated carbocycles. The maximum Gasteiger partial charge on any atom is 0.233 e. The number of hydrogen-bond acceptors (Lipinski definition) is 3. The number of rotatable bonds is 3. The second kappa shape index (κ2) is 4.60. The van der Waals surface area contributed by atoms with Crippen molar-refractivity contribution in [3.63, 3.8) is 0 Å². The smallest absolute Gasteiger partial charge is 0.233 e. The lowest BCUT2D eigenvalue weighted by Gasteiger charge is -2.38. The van der Waals surface area contributed by atoms with Crippen LogP contribution in [0.3, 0.4) is 0 Å². The van der Waals surface area contributed by atoms with Crippen molar-refractivity contribution >= 4 is 19.7 Å². The highest BCUT2D eigenvalue weighted by atomic mass is 35.7. The summed E-state index contributed by atoms with van der Waals surface area (Å²) in [5.41, 5.74) is -0.207. The summed E-state index contributed by atoms with van der Waals surface area (Å²) < 4.78 is 22.2. The molecule has 0 unspecified atom stereocenters. The minimum atomic E-state index is -3.39. The van der Waals surface area contributed by atoms with Crippen LogP contribution >= 0.6 is 10.7 Å². The van der Waals surface area contributed by atoms with Crippen LogP contribution < -0.4 is 0 Å². The quantitative estimate of drug-likeness (QED) is 0.722. The molecule has 1 rings (SSSR count). The molecule has 0 aromatic carbocycles. The molecule has 1 aliphatic rings. The molecule has 15 heavy (non-hydrogen) atoms. The third-order valence-electron chi connectivity index (χ3n) is 3.37. The van der Waals surface area contributed by atoms with Crippen LogP contribution in [0, 0.1) is 11.3 Å². The molecule has 1 fully saturated rings. The highest BCUT2D eigenvalue weighted by Crippen LogP contribution is 2.36. The lowest BCUT2D eigenvalue weighted by molar-refractivity contribution is 0.131. The van der Waals surface area contributed by atoms with E-state index in [4.69, 9.17) is 10.7 Å². The minimum Gasteiger partial charge on any atom is -0.306 e. The fraction of sp³-hybridized carbons (Fsp3) is 1.00. The van der Waals surface area contributed by atoms with Crippen molar-refractivity contribution in [1.82, 2.24) is 4.90 Å². The first-order valence-corrected chi connectivity index (χ1v) is 7.79. The molecule has 0 atom stereocenters. The van der Waals surface area contributed by atoms with Crippen LogP contribution in [0.15, 0.2) is 0 Å². The number of halogens is 1. The van der Waals surface area contributed by atoms with Gasteiger partial charge >= 0.3 is 0 Å². The van der Waals surface area contributed by atoms with E-state index < -0.39 is 9.05 Å². The molecule has 5 heteroatoms. The van der Waals surface area contributed by atoms with Crippen LogP contribution in [-0.4, -0.2) is 39.2 Å². The number of hydrogen-bond donors (Lipinski definition) is 0. The molecule has 0 N–H and O–H groups in total. The summed E-state index contributed by atoms with van der Waals surface area (Å²) in [4.78, 5) is 2.28. The van der Waals surface area contributed by atoms with Gasteiger partial charge in [0.2, 0.25) is 9.05 Å². The van der Waals surface area contributed by atoms with Crippen LogP contribution in [0.25, 0.3) is 0 Å². The largest absolute Gasteiger partial charge is 0.306 e. The zero-order valence-electron chi connectivity index (χ0n) is 9.66. The van der Waals surface area contributed by atoms with Gasteiger partial charge in [-0.25, -0.2) is 8.42 Å². The van der Waals surface area contributed by atoms with Crippen LogP contribution in [0.4, 0.5) is 0 Å². The second-order valence-electron chi connectivity index (χ2n) is 5.25. The lowest BCUT2D eigenvalue weighted by Crippen LogP contribution is -2.39. The maximum atomic E-state index is 11.1. The van der Waals surface area contributed by atoms with E-state index in [0.717, 1.165) is 25.9 Å². The van der Waals surface area contributed by atoms with Crippen molar-refractivity contribution in [1.29, 1.82) is 0 Å². The Kier molecular flexibility index (Phi) is 4.07. The predicted molar refractivity (Wildman–Crippen MR) is 63.6 cm³/mol. The molecule has 0 spiro atoms. The Hall–Kier alpha value is 0.200. The molecule has 1 aliphatic heterocycles. The van der Waals surface area contributed by atoms with E-state index in [-0.39, 0.29) is 11.2 Å². The van der Waals surface area contributed by atoms with Gasteiger partial charge in [-0.2, -0.15) is 0 Å². The Balaban J connectivity index is 2.61. The summed E-state index contributed by atoms with van der Waals surface area (Å²) in [6.45, 7) is 6.11. The van der Waals surface area contributed by atoms with E-state index in [1.807, 2.05) is 13.8 Å². The van der Waals surface area contributed by atoms with Crippen molar-refractivity contribution in [2.45, 2.75) is 26.7 Å². The molecule has 0 amide bonds. The molecular formula is C10H20ClNO2S. The Labute approximate surface area is 97.2 Å². The molecule has 3 nitrogen and oxygen atoms in total. The summed E-state index contributed by atoms with van der Waals surface area (Å²) in [5.74, 6) is 0.540. The molecule has 1 saturated heterocycles. The first-order chi connectivity index (χ1) is 6.71. The van der Waals surface area contributed by atoms with E-state index in [1.165, 1.54) is 0 Å². The van der Waals surface area contributed by atoms with Crippen LogP contribution in [0.2, 0.25) is 0 Å². The molecule has 0 radical (unpaired) electrons. The summed E-state index contributed by atoms with van der Waals surface area (Å²) in [5, 5.41) is 0.